The van der Waals surface area contributed by atoms with Crippen molar-refractivity contribution in [2.75, 3.05) is 13.2 Å². The third-order valence-electron chi connectivity index (χ3n) is 3.08. The Labute approximate surface area is 110 Å². The molecule has 1 aliphatic heterocycles. The van der Waals surface area contributed by atoms with Crippen LogP contribution < -0.4 is 15.2 Å². The molecule has 1 atom stereocenters. The number of fused-ring (bicyclic) bond motifs is 1. The highest BCUT2D eigenvalue weighted by molar-refractivity contribution is 5.74. The molecule has 0 saturated carbocycles. The van der Waals surface area contributed by atoms with Crippen LogP contribution in [0.4, 0.5) is 4.39 Å². The van der Waals surface area contributed by atoms with Crippen LogP contribution >= 0.6 is 0 Å². The van der Waals surface area contributed by atoms with Crippen LogP contribution in [0.25, 0.3) is 11.1 Å². The first-order chi connectivity index (χ1) is 9.28. The lowest BCUT2D eigenvalue weighted by Gasteiger charge is -2.27. The topological polar surface area (TPSA) is 44.5 Å². The van der Waals surface area contributed by atoms with Gasteiger partial charge in [0.05, 0.1) is 0 Å². The summed E-state index contributed by atoms with van der Waals surface area (Å²) in [4.78, 5) is 0. The molecule has 0 bridgehead atoms. The predicted octanol–water partition coefficient (Wildman–Crippen LogP) is 2.59. The fraction of sp³-hybridized carbons (Fsp3) is 0.200. The Balaban J connectivity index is 2.12. The summed E-state index contributed by atoms with van der Waals surface area (Å²) in [5.74, 6) is 0.658. The van der Waals surface area contributed by atoms with Crippen LogP contribution in [-0.4, -0.2) is 19.3 Å². The van der Waals surface area contributed by atoms with Gasteiger partial charge >= 0.3 is 0 Å². The summed E-state index contributed by atoms with van der Waals surface area (Å²) < 4.78 is 25.0. The molecule has 0 saturated heterocycles. The highest BCUT2D eigenvalue weighted by atomic mass is 19.1. The highest BCUT2D eigenvalue weighted by Crippen LogP contribution is 2.41. The Morgan fingerprint density at radius 2 is 2.00 bits per heavy atom. The van der Waals surface area contributed by atoms with Crippen molar-refractivity contribution in [2.24, 2.45) is 5.73 Å². The van der Waals surface area contributed by atoms with Crippen molar-refractivity contribution < 1.29 is 13.9 Å². The average molecular weight is 259 g/mol. The predicted molar refractivity (Wildman–Crippen MR) is 70.8 cm³/mol. The minimum atomic E-state index is -0.340. The minimum Gasteiger partial charge on any atom is -0.486 e. The number of nitrogens with two attached hydrogens (primary N) is 1. The molecule has 19 heavy (non-hydrogen) atoms. The quantitative estimate of drug-likeness (QED) is 0.901. The fourth-order valence-corrected chi connectivity index (χ4v) is 2.13. The van der Waals surface area contributed by atoms with Crippen molar-refractivity contribution in [3.8, 4) is 22.6 Å². The van der Waals surface area contributed by atoms with Gasteiger partial charge in [0, 0.05) is 18.2 Å². The Morgan fingerprint density at radius 3 is 2.74 bits per heavy atom. The molecule has 1 heterocycles. The molecule has 0 unspecified atom stereocenters. The number of halogens is 1. The molecule has 0 spiro atoms. The molecule has 0 aromatic heterocycles. The van der Waals surface area contributed by atoms with E-state index in [9.17, 15) is 4.39 Å². The molecular weight excluding hydrogens is 245 g/mol. The van der Waals surface area contributed by atoms with Gasteiger partial charge in [-0.15, -0.1) is 0 Å². The zero-order valence-electron chi connectivity index (χ0n) is 10.3. The van der Waals surface area contributed by atoms with E-state index in [1.807, 2.05) is 30.3 Å². The van der Waals surface area contributed by atoms with Gasteiger partial charge in [0.1, 0.15) is 18.5 Å². The monoisotopic (exact) mass is 259 g/mol. The third-order valence-corrected chi connectivity index (χ3v) is 3.08. The second-order valence-electron chi connectivity index (χ2n) is 4.43. The molecule has 1 aliphatic rings. The van der Waals surface area contributed by atoms with Crippen LogP contribution in [0, 0.1) is 5.82 Å². The van der Waals surface area contributed by atoms with Gasteiger partial charge < -0.3 is 15.2 Å². The summed E-state index contributed by atoms with van der Waals surface area (Å²) in [7, 11) is 0. The maximum Gasteiger partial charge on any atom is 0.169 e. The van der Waals surface area contributed by atoms with Gasteiger partial charge in [-0.3, -0.25) is 0 Å². The van der Waals surface area contributed by atoms with Crippen LogP contribution in [0.2, 0.25) is 0 Å². The zero-order chi connectivity index (χ0) is 13.2. The first kappa shape index (κ1) is 12.0. The average Bonchev–Trinajstić information content (AvgIpc) is 2.47. The lowest BCUT2D eigenvalue weighted by molar-refractivity contribution is 0.0971. The lowest BCUT2D eigenvalue weighted by Crippen LogP contribution is -2.36. The molecular formula is C15H14FNO2. The second-order valence-corrected chi connectivity index (χ2v) is 4.43. The van der Waals surface area contributed by atoms with E-state index < -0.39 is 0 Å². The number of hydrogen-bond acceptors (Lipinski definition) is 3. The van der Waals surface area contributed by atoms with E-state index >= 15 is 0 Å². The van der Waals surface area contributed by atoms with E-state index in [1.54, 1.807) is 0 Å². The smallest absolute Gasteiger partial charge is 0.169 e. The Kier molecular flexibility index (Phi) is 3.09. The first-order valence-corrected chi connectivity index (χ1v) is 6.16. The molecule has 0 radical (unpaired) electrons. The summed E-state index contributed by atoms with van der Waals surface area (Å²) in [6.45, 7) is 0.715. The number of ether oxygens (including phenoxy) is 2. The van der Waals surface area contributed by atoms with Crippen molar-refractivity contribution in [3.63, 3.8) is 0 Å². The largest absolute Gasteiger partial charge is 0.486 e. The molecule has 2 N–H and O–H groups in total. The molecule has 3 rings (SSSR count). The molecule has 3 nitrogen and oxygen atoms in total. The lowest BCUT2D eigenvalue weighted by atomic mass is 10.0. The summed E-state index contributed by atoms with van der Waals surface area (Å²) >= 11 is 0. The van der Waals surface area contributed by atoms with Crippen molar-refractivity contribution in [3.05, 3.63) is 48.3 Å². The first-order valence-electron chi connectivity index (χ1n) is 6.16. The molecule has 4 heteroatoms. The summed E-state index contributed by atoms with van der Waals surface area (Å²) in [6.07, 6.45) is -0.194. The van der Waals surface area contributed by atoms with Crippen LogP contribution in [0.5, 0.6) is 11.5 Å². The molecule has 2 aromatic carbocycles. The van der Waals surface area contributed by atoms with Gasteiger partial charge in [0.25, 0.3) is 0 Å². The van der Waals surface area contributed by atoms with E-state index in [2.05, 4.69) is 0 Å². The Bertz CT molecular complexity index is 586. The minimum absolute atomic E-state index is 0.194. The molecule has 98 valence electrons. The van der Waals surface area contributed by atoms with Gasteiger partial charge in [0.15, 0.2) is 11.5 Å². The van der Waals surface area contributed by atoms with Gasteiger partial charge in [-0.25, -0.2) is 4.39 Å². The number of rotatable bonds is 2. The van der Waals surface area contributed by atoms with Crippen molar-refractivity contribution in [2.45, 2.75) is 6.10 Å². The van der Waals surface area contributed by atoms with E-state index in [-0.39, 0.29) is 11.9 Å². The number of hydrogen-bond donors (Lipinski definition) is 1. The van der Waals surface area contributed by atoms with Gasteiger partial charge in [0.2, 0.25) is 0 Å². The van der Waals surface area contributed by atoms with E-state index in [0.29, 0.717) is 30.2 Å². The number of benzene rings is 2. The maximum atomic E-state index is 13.7. The summed E-state index contributed by atoms with van der Waals surface area (Å²) in [5.41, 5.74) is 7.18. The van der Waals surface area contributed by atoms with Gasteiger partial charge in [-0.05, 0) is 11.6 Å². The fourth-order valence-electron chi connectivity index (χ4n) is 2.13. The summed E-state index contributed by atoms with van der Waals surface area (Å²) in [6, 6.07) is 12.3. The Morgan fingerprint density at radius 1 is 1.21 bits per heavy atom. The van der Waals surface area contributed by atoms with Crippen molar-refractivity contribution in [1.82, 2.24) is 0 Å². The van der Waals surface area contributed by atoms with Gasteiger partial charge in [-0.2, -0.15) is 0 Å². The highest BCUT2D eigenvalue weighted by Gasteiger charge is 2.24. The van der Waals surface area contributed by atoms with E-state index in [1.165, 1.54) is 12.1 Å². The van der Waals surface area contributed by atoms with Gasteiger partial charge in [-0.1, -0.05) is 30.3 Å². The van der Waals surface area contributed by atoms with E-state index in [0.717, 1.165) is 5.56 Å². The summed E-state index contributed by atoms with van der Waals surface area (Å²) in [5, 5.41) is 0. The van der Waals surface area contributed by atoms with E-state index in [4.69, 9.17) is 15.2 Å². The van der Waals surface area contributed by atoms with Crippen molar-refractivity contribution in [1.29, 1.82) is 0 Å². The maximum absolute atomic E-state index is 13.7. The molecule has 2 aromatic rings. The normalized spacial score (nSPS) is 17.3. The van der Waals surface area contributed by atoms with Crippen LogP contribution in [0.15, 0.2) is 42.5 Å². The standard InChI is InChI=1S/C15H14FNO2/c16-11-6-13(10-4-2-1-3-5-10)15-14(7-11)18-9-12(8-17)19-15/h1-7,12H,8-9,17H2/t12-/m0/s1. The second kappa shape index (κ2) is 4.90. The van der Waals surface area contributed by atoms with Crippen LogP contribution in [-0.2, 0) is 0 Å². The third kappa shape index (κ3) is 2.27. The van der Waals surface area contributed by atoms with Crippen LogP contribution in [0.3, 0.4) is 0 Å². The SMILES string of the molecule is NC[C@H]1COc2cc(F)cc(-c3ccccc3)c2O1. The molecule has 0 amide bonds. The molecule has 0 fully saturated rings. The zero-order valence-corrected chi connectivity index (χ0v) is 10.3. The Hall–Kier alpha value is -2.07. The van der Waals surface area contributed by atoms with Crippen LogP contribution in [0.1, 0.15) is 0 Å². The molecule has 0 aliphatic carbocycles. The van der Waals surface area contributed by atoms with Crippen molar-refractivity contribution >= 4 is 0 Å².